The number of hydrogen-bond donors (Lipinski definition) is 0. The number of rotatable bonds is 4. The fraction of sp³-hybridized carbons (Fsp3) is 0.438. The summed E-state index contributed by atoms with van der Waals surface area (Å²) in [6, 6.07) is 8.95. The average molecular weight is 603 g/mol. The third kappa shape index (κ3) is 5.20. The number of fused-ring (bicyclic) bond motifs is 1. The van der Waals surface area contributed by atoms with Gasteiger partial charge in [-0.15, -0.1) is 0 Å². The molecule has 3 aliphatic rings. The fourth-order valence-electron chi connectivity index (χ4n) is 6.39. The molecule has 0 amide bonds. The highest BCUT2D eigenvalue weighted by atomic mass is 19.4. The first-order chi connectivity index (χ1) is 20.4. The van der Waals surface area contributed by atoms with Gasteiger partial charge in [-0.3, -0.25) is 4.40 Å². The molecular formula is C32H32F6N4O. The third-order valence-corrected chi connectivity index (χ3v) is 8.68. The number of anilines is 1. The summed E-state index contributed by atoms with van der Waals surface area (Å²) in [7, 11) is 0. The van der Waals surface area contributed by atoms with Gasteiger partial charge in [-0.1, -0.05) is 43.3 Å². The molecule has 228 valence electrons. The number of pyridine rings is 1. The second kappa shape index (κ2) is 10.4. The van der Waals surface area contributed by atoms with Crippen LogP contribution < -0.4 is 4.90 Å². The number of allylic oxidation sites excluding steroid dienone is 2. The Hall–Kier alpha value is -3.76. The van der Waals surface area contributed by atoms with Gasteiger partial charge in [0.15, 0.2) is 0 Å². The van der Waals surface area contributed by atoms with Gasteiger partial charge in [0.25, 0.3) is 0 Å². The summed E-state index contributed by atoms with van der Waals surface area (Å²) in [5.74, 6) is -0.0955. The molecule has 43 heavy (non-hydrogen) atoms. The topological polar surface area (TPSA) is 46.6 Å². The van der Waals surface area contributed by atoms with Crippen molar-refractivity contribution >= 4 is 16.8 Å². The number of piperidine rings is 1. The van der Waals surface area contributed by atoms with E-state index in [0.717, 1.165) is 41.7 Å². The molecule has 0 radical (unpaired) electrons. The summed E-state index contributed by atoms with van der Waals surface area (Å²) in [5.41, 5.74) is 2.50. The van der Waals surface area contributed by atoms with E-state index in [2.05, 4.69) is 21.1 Å². The summed E-state index contributed by atoms with van der Waals surface area (Å²) in [6.45, 7) is 6.85. The van der Waals surface area contributed by atoms with Gasteiger partial charge >= 0.3 is 12.4 Å². The standard InChI is InChI=1S/C30H26F6N4O.C2H6/c1-17-23-9-8-20(16-40(23)27(37-17)30(34,35)36)39-12-10-28(11-13-39)14-19(15-28)24-25(38-41-26(24)18-6-7-18)21-4-2-3-5-22(21)29(31,32)33;1-2/h2-5,8-9,14,16,18H,6-7,10-13,15H2,1H3;1-2H3. The molecule has 0 unspecified atom stereocenters. The van der Waals surface area contributed by atoms with Crippen molar-refractivity contribution in [2.45, 2.75) is 71.1 Å². The van der Waals surface area contributed by atoms with Gasteiger partial charge in [0, 0.05) is 36.3 Å². The van der Waals surface area contributed by atoms with Crippen LogP contribution in [-0.2, 0) is 12.4 Å². The SMILES string of the molecule is CC.Cc1nc(C(F)(F)F)n2cc(N3CCC4(C=C(c5c(-c6ccccc6C(F)(F)F)noc5C5CC5)C4)CC3)ccc12. The van der Waals surface area contributed by atoms with E-state index in [4.69, 9.17) is 4.52 Å². The minimum Gasteiger partial charge on any atom is -0.370 e. The maximum Gasteiger partial charge on any atom is 0.450 e. The van der Waals surface area contributed by atoms with Crippen LogP contribution in [0.2, 0.25) is 0 Å². The van der Waals surface area contributed by atoms with Crippen LogP contribution in [0.4, 0.5) is 32.0 Å². The molecule has 2 fully saturated rings. The maximum absolute atomic E-state index is 13.8. The maximum atomic E-state index is 13.8. The highest BCUT2D eigenvalue weighted by Gasteiger charge is 2.45. The van der Waals surface area contributed by atoms with Crippen molar-refractivity contribution in [1.82, 2.24) is 14.5 Å². The summed E-state index contributed by atoms with van der Waals surface area (Å²) >= 11 is 0. The summed E-state index contributed by atoms with van der Waals surface area (Å²) in [5, 5.41) is 4.15. The molecule has 0 N–H and O–H groups in total. The number of nitrogens with zero attached hydrogens (tertiary/aromatic N) is 4. The Morgan fingerprint density at radius 3 is 2.23 bits per heavy atom. The van der Waals surface area contributed by atoms with E-state index >= 15 is 0 Å². The highest BCUT2D eigenvalue weighted by molar-refractivity contribution is 5.85. The molecule has 2 aliphatic carbocycles. The minimum atomic E-state index is -4.56. The van der Waals surface area contributed by atoms with Crippen molar-refractivity contribution in [1.29, 1.82) is 0 Å². The van der Waals surface area contributed by atoms with Crippen LogP contribution in [0.25, 0.3) is 22.3 Å². The predicted molar refractivity (Wildman–Crippen MR) is 152 cm³/mol. The van der Waals surface area contributed by atoms with E-state index in [0.29, 0.717) is 47.7 Å². The van der Waals surface area contributed by atoms with Crippen molar-refractivity contribution in [3.8, 4) is 11.3 Å². The Labute approximate surface area is 245 Å². The number of benzene rings is 1. The lowest BCUT2D eigenvalue weighted by Crippen LogP contribution is -2.42. The molecule has 1 aliphatic heterocycles. The number of aromatic nitrogens is 3. The Bertz CT molecular complexity index is 1680. The first kappa shape index (κ1) is 29.3. The van der Waals surface area contributed by atoms with E-state index in [1.165, 1.54) is 18.3 Å². The lowest BCUT2D eigenvalue weighted by Gasteiger charge is -2.47. The molecule has 1 spiro atoms. The highest BCUT2D eigenvalue weighted by Crippen LogP contribution is 2.56. The second-order valence-electron chi connectivity index (χ2n) is 11.4. The van der Waals surface area contributed by atoms with E-state index in [9.17, 15) is 26.3 Å². The first-order valence-electron chi connectivity index (χ1n) is 14.6. The van der Waals surface area contributed by atoms with Crippen molar-refractivity contribution in [2.24, 2.45) is 5.41 Å². The summed E-state index contributed by atoms with van der Waals surface area (Å²) in [4.78, 5) is 5.81. The minimum absolute atomic E-state index is 0.0191. The lowest BCUT2D eigenvalue weighted by molar-refractivity contribution is -0.145. The van der Waals surface area contributed by atoms with Gasteiger partial charge < -0.3 is 9.42 Å². The number of alkyl halides is 6. The van der Waals surface area contributed by atoms with Gasteiger partial charge in [0.2, 0.25) is 5.82 Å². The van der Waals surface area contributed by atoms with Gasteiger partial charge in [-0.25, -0.2) is 4.98 Å². The molecule has 1 saturated heterocycles. The van der Waals surface area contributed by atoms with Crippen molar-refractivity contribution in [3.63, 3.8) is 0 Å². The number of halogens is 6. The van der Waals surface area contributed by atoms with Crippen LogP contribution in [0.15, 0.2) is 53.2 Å². The molecule has 1 saturated carbocycles. The zero-order valence-corrected chi connectivity index (χ0v) is 24.1. The fourth-order valence-corrected chi connectivity index (χ4v) is 6.39. The Balaban J connectivity index is 0.00000161. The normalized spacial score (nSPS) is 18.3. The molecule has 0 bridgehead atoms. The van der Waals surface area contributed by atoms with Gasteiger partial charge in [-0.2, -0.15) is 26.3 Å². The number of hydrogen-bond acceptors (Lipinski definition) is 4. The monoisotopic (exact) mass is 602 g/mol. The van der Waals surface area contributed by atoms with Crippen molar-refractivity contribution in [2.75, 3.05) is 18.0 Å². The van der Waals surface area contributed by atoms with Gasteiger partial charge in [0.1, 0.15) is 11.5 Å². The Morgan fingerprint density at radius 1 is 0.930 bits per heavy atom. The van der Waals surface area contributed by atoms with Crippen molar-refractivity contribution < 1.29 is 30.9 Å². The second-order valence-corrected chi connectivity index (χ2v) is 11.4. The number of aryl methyl sites for hydroxylation is 1. The van der Waals surface area contributed by atoms with Gasteiger partial charge in [0.05, 0.1) is 22.5 Å². The summed E-state index contributed by atoms with van der Waals surface area (Å²) in [6.07, 6.45) is -1.32. The van der Waals surface area contributed by atoms with E-state index in [-0.39, 0.29) is 22.6 Å². The molecule has 11 heteroatoms. The van der Waals surface area contributed by atoms with E-state index in [1.807, 2.05) is 19.9 Å². The van der Waals surface area contributed by atoms with Crippen LogP contribution >= 0.6 is 0 Å². The largest absolute Gasteiger partial charge is 0.450 e. The first-order valence-corrected chi connectivity index (χ1v) is 14.6. The average Bonchev–Trinajstić information content (AvgIpc) is 3.63. The van der Waals surface area contributed by atoms with Crippen LogP contribution in [0, 0.1) is 12.3 Å². The third-order valence-electron chi connectivity index (χ3n) is 8.68. The molecule has 1 aromatic carbocycles. The van der Waals surface area contributed by atoms with Crippen LogP contribution in [0.3, 0.4) is 0 Å². The molecule has 4 aromatic rings. The quantitative estimate of drug-likeness (QED) is 0.219. The van der Waals surface area contributed by atoms with Gasteiger partial charge in [-0.05, 0) is 68.2 Å². The molecule has 0 atom stereocenters. The molecular weight excluding hydrogens is 570 g/mol. The van der Waals surface area contributed by atoms with E-state index in [1.54, 1.807) is 19.1 Å². The predicted octanol–water partition coefficient (Wildman–Crippen LogP) is 9.31. The Morgan fingerprint density at radius 2 is 1.60 bits per heavy atom. The smallest absolute Gasteiger partial charge is 0.370 e. The number of imidazole rings is 1. The zero-order chi connectivity index (χ0) is 30.7. The van der Waals surface area contributed by atoms with Crippen LogP contribution in [-0.4, -0.2) is 27.6 Å². The molecule has 4 heterocycles. The lowest BCUT2D eigenvalue weighted by atomic mass is 9.63. The van der Waals surface area contributed by atoms with E-state index < -0.39 is 23.7 Å². The Kier molecular flexibility index (Phi) is 7.12. The molecule has 7 rings (SSSR count). The molecule has 3 aromatic heterocycles. The van der Waals surface area contributed by atoms with Crippen molar-refractivity contribution in [3.05, 3.63) is 77.1 Å². The van der Waals surface area contributed by atoms with Crippen LogP contribution in [0.5, 0.6) is 0 Å². The van der Waals surface area contributed by atoms with Crippen LogP contribution in [0.1, 0.15) is 80.3 Å². The zero-order valence-electron chi connectivity index (χ0n) is 24.1. The molecule has 5 nitrogen and oxygen atoms in total. The summed E-state index contributed by atoms with van der Waals surface area (Å²) < 4.78 is 88.9.